The van der Waals surface area contributed by atoms with Crippen LogP contribution in [0.2, 0.25) is 0 Å². The smallest absolute Gasteiger partial charge is 0.150 e. The molecule has 0 bridgehead atoms. The molecule has 0 rings (SSSR count). The number of nitrogens with one attached hydrogen (secondary N) is 1. The van der Waals surface area contributed by atoms with Crippen LogP contribution in [0.3, 0.4) is 0 Å². The van der Waals surface area contributed by atoms with Gasteiger partial charge in [0.15, 0.2) is 0 Å². The highest BCUT2D eigenvalue weighted by molar-refractivity contribution is 7.91. The summed E-state index contributed by atoms with van der Waals surface area (Å²) in [5.74, 6) is 1.17. The van der Waals surface area contributed by atoms with Gasteiger partial charge < -0.3 is 5.32 Å². The van der Waals surface area contributed by atoms with Crippen molar-refractivity contribution in [2.75, 3.05) is 18.1 Å². The number of hydrogen-bond acceptors (Lipinski definition) is 3. The lowest BCUT2D eigenvalue weighted by atomic mass is 10.1. The van der Waals surface area contributed by atoms with Gasteiger partial charge in [-0.2, -0.15) is 0 Å². The molecule has 1 unspecified atom stereocenters. The van der Waals surface area contributed by atoms with E-state index in [2.05, 4.69) is 33.0 Å². The van der Waals surface area contributed by atoms with Crippen LogP contribution in [0.1, 0.15) is 59.8 Å². The zero-order valence-corrected chi connectivity index (χ0v) is 13.4. The van der Waals surface area contributed by atoms with Crippen LogP contribution < -0.4 is 5.32 Å². The van der Waals surface area contributed by atoms with Crippen LogP contribution in [0, 0.1) is 5.92 Å². The lowest BCUT2D eigenvalue weighted by Gasteiger charge is -2.16. The minimum absolute atomic E-state index is 0.351. The third-order valence-corrected chi connectivity index (χ3v) is 4.96. The molecule has 0 aromatic carbocycles. The molecule has 0 heterocycles. The first-order chi connectivity index (χ1) is 8.41. The topological polar surface area (TPSA) is 46.2 Å². The van der Waals surface area contributed by atoms with Crippen LogP contribution in [0.5, 0.6) is 0 Å². The number of sulfone groups is 1. The largest absolute Gasteiger partial charge is 0.314 e. The fourth-order valence-electron chi connectivity index (χ4n) is 1.87. The summed E-state index contributed by atoms with van der Waals surface area (Å²) >= 11 is 0. The van der Waals surface area contributed by atoms with Crippen LogP contribution in [0.25, 0.3) is 0 Å². The van der Waals surface area contributed by atoms with Crippen molar-refractivity contribution in [2.24, 2.45) is 5.92 Å². The zero-order chi connectivity index (χ0) is 14.0. The van der Waals surface area contributed by atoms with Gasteiger partial charge in [-0.1, -0.05) is 27.7 Å². The Bertz CT molecular complexity index is 286. The van der Waals surface area contributed by atoms with Gasteiger partial charge in [0, 0.05) is 6.04 Å². The van der Waals surface area contributed by atoms with Crippen LogP contribution >= 0.6 is 0 Å². The van der Waals surface area contributed by atoms with Gasteiger partial charge in [0.1, 0.15) is 9.84 Å². The molecule has 1 atom stereocenters. The average Bonchev–Trinajstić information content (AvgIpc) is 2.31. The molecule has 110 valence electrons. The van der Waals surface area contributed by atoms with Crippen molar-refractivity contribution in [1.82, 2.24) is 5.32 Å². The number of rotatable bonds is 11. The second-order valence-corrected chi connectivity index (χ2v) is 7.84. The van der Waals surface area contributed by atoms with Crippen LogP contribution in [0.15, 0.2) is 0 Å². The average molecular weight is 277 g/mol. The van der Waals surface area contributed by atoms with E-state index in [1.54, 1.807) is 0 Å². The Hall–Kier alpha value is -0.0900. The van der Waals surface area contributed by atoms with Crippen molar-refractivity contribution >= 4 is 9.84 Å². The lowest BCUT2D eigenvalue weighted by Crippen LogP contribution is -2.29. The summed E-state index contributed by atoms with van der Waals surface area (Å²) < 4.78 is 23.6. The van der Waals surface area contributed by atoms with Gasteiger partial charge in [0.05, 0.1) is 11.5 Å². The highest BCUT2D eigenvalue weighted by Gasteiger charge is 2.13. The van der Waals surface area contributed by atoms with E-state index in [0.29, 0.717) is 23.5 Å². The van der Waals surface area contributed by atoms with E-state index in [9.17, 15) is 8.42 Å². The van der Waals surface area contributed by atoms with Gasteiger partial charge in [0.25, 0.3) is 0 Å². The summed E-state index contributed by atoms with van der Waals surface area (Å²) in [6.45, 7) is 9.46. The molecule has 0 aromatic heterocycles. The minimum atomic E-state index is -2.83. The monoisotopic (exact) mass is 277 g/mol. The molecular weight excluding hydrogens is 246 g/mol. The molecule has 0 amide bonds. The molecule has 18 heavy (non-hydrogen) atoms. The van der Waals surface area contributed by atoms with Crippen molar-refractivity contribution in [3.05, 3.63) is 0 Å². The molecule has 0 fully saturated rings. The Balaban J connectivity index is 3.86. The first-order valence-corrected chi connectivity index (χ1v) is 9.17. The summed E-state index contributed by atoms with van der Waals surface area (Å²) in [5, 5.41) is 3.46. The lowest BCUT2D eigenvalue weighted by molar-refractivity contribution is 0.462. The minimum Gasteiger partial charge on any atom is -0.314 e. The molecule has 4 heteroatoms. The second-order valence-electron chi connectivity index (χ2n) is 5.54. The molecule has 0 radical (unpaired) electrons. The molecule has 0 spiro atoms. The third-order valence-electron chi connectivity index (χ3n) is 3.19. The van der Waals surface area contributed by atoms with Crippen molar-refractivity contribution < 1.29 is 8.42 Å². The van der Waals surface area contributed by atoms with Gasteiger partial charge >= 0.3 is 0 Å². The molecule has 0 aliphatic rings. The maximum absolute atomic E-state index is 11.8. The molecule has 1 N–H and O–H groups in total. The van der Waals surface area contributed by atoms with E-state index in [0.717, 1.165) is 38.6 Å². The summed E-state index contributed by atoms with van der Waals surface area (Å²) in [5.41, 5.74) is 0. The van der Waals surface area contributed by atoms with Gasteiger partial charge in [-0.3, -0.25) is 0 Å². The van der Waals surface area contributed by atoms with Crippen molar-refractivity contribution in [3.63, 3.8) is 0 Å². The normalized spacial score (nSPS) is 14.1. The van der Waals surface area contributed by atoms with E-state index in [1.807, 2.05) is 0 Å². The second kappa shape index (κ2) is 9.79. The molecule has 0 aliphatic heterocycles. The Kier molecular flexibility index (Phi) is 9.74. The van der Waals surface area contributed by atoms with Crippen LogP contribution in [0.4, 0.5) is 0 Å². The van der Waals surface area contributed by atoms with E-state index >= 15 is 0 Å². The van der Waals surface area contributed by atoms with E-state index < -0.39 is 9.84 Å². The van der Waals surface area contributed by atoms with Crippen LogP contribution in [-0.2, 0) is 9.84 Å². The summed E-state index contributed by atoms with van der Waals surface area (Å²) in [7, 11) is -2.83. The standard InChI is InChI=1S/C14H31NO2S/c1-5-10-15-14(6-2)8-7-11-18(16,17)12-9-13(3)4/h13-15H,5-12H2,1-4H3. The third kappa shape index (κ3) is 9.89. The number of hydrogen-bond donors (Lipinski definition) is 1. The fraction of sp³-hybridized carbons (Fsp3) is 1.00. The van der Waals surface area contributed by atoms with Gasteiger partial charge in [-0.05, 0) is 44.6 Å². The van der Waals surface area contributed by atoms with E-state index in [-0.39, 0.29) is 0 Å². The van der Waals surface area contributed by atoms with E-state index in [4.69, 9.17) is 0 Å². The summed E-state index contributed by atoms with van der Waals surface area (Å²) in [6.07, 6.45) is 4.75. The molecule has 0 saturated heterocycles. The molecule has 3 nitrogen and oxygen atoms in total. The molecular formula is C14H31NO2S. The zero-order valence-electron chi connectivity index (χ0n) is 12.5. The summed E-state index contributed by atoms with van der Waals surface area (Å²) in [6, 6.07) is 0.477. The maximum atomic E-state index is 11.8. The SMILES string of the molecule is CCCNC(CC)CCCS(=O)(=O)CCC(C)C. The fourth-order valence-corrected chi connectivity index (χ4v) is 3.51. The predicted molar refractivity (Wildman–Crippen MR) is 79.7 cm³/mol. The first-order valence-electron chi connectivity index (χ1n) is 7.35. The molecule has 0 saturated carbocycles. The van der Waals surface area contributed by atoms with Gasteiger partial charge in [-0.25, -0.2) is 8.42 Å². The highest BCUT2D eigenvalue weighted by Crippen LogP contribution is 2.08. The Morgan fingerprint density at radius 1 is 1.06 bits per heavy atom. The quantitative estimate of drug-likeness (QED) is 0.631. The van der Waals surface area contributed by atoms with Crippen LogP contribution in [-0.4, -0.2) is 32.5 Å². The molecule has 0 aromatic rings. The van der Waals surface area contributed by atoms with E-state index in [1.165, 1.54) is 0 Å². The first kappa shape index (κ1) is 17.9. The van der Waals surface area contributed by atoms with Crippen molar-refractivity contribution in [2.45, 2.75) is 65.8 Å². The molecule has 0 aliphatic carbocycles. The predicted octanol–water partition coefficient (Wildman–Crippen LogP) is 3.01. The Morgan fingerprint density at radius 2 is 1.72 bits per heavy atom. The van der Waals surface area contributed by atoms with Gasteiger partial charge in [0.2, 0.25) is 0 Å². The van der Waals surface area contributed by atoms with Crippen molar-refractivity contribution in [1.29, 1.82) is 0 Å². The summed E-state index contributed by atoms with van der Waals surface area (Å²) in [4.78, 5) is 0. The Morgan fingerprint density at radius 3 is 2.22 bits per heavy atom. The Labute approximate surface area is 114 Å². The highest BCUT2D eigenvalue weighted by atomic mass is 32.2. The van der Waals surface area contributed by atoms with Crippen molar-refractivity contribution in [3.8, 4) is 0 Å². The maximum Gasteiger partial charge on any atom is 0.150 e. The van der Waals surface area contributed by atoms with Gasteiger partial charge in [-0.15, -0.1) is 0 Å².